The Balaban J connectivity index is 1.23. The van der Waals surface area contributed by atoms with Gasteiger partial charge in [-0.1, -0.05) is 37.7 Å². The van der Waals surface area contributed by atoms with E-state index in [2.05, 4.69) is 21.3 Å². The van der Waals surface area contributed by atoms with E-state index in [1.165, 1.54) is 0 Å². The Morgan fingerprint density at radius 2 is 1.92 bits per heavy atom. The number of rotatable bonds is 10. The fourth-order valence-corrected chi connectivity index (χ4v) is 5.00. The average Bonchev–Trinajstić information content (AvgIpc) is 3.28. The van der Waals surface area contributed by atoms with E-state index in [-0.39, 0.29) is 19.1 Å². The van der Waals surface area contributed by atoms with Gasteiger partial charge in [0.15, 0.2) is 12.9 Å². The van der Waals surface area contributed by atoms with Crippen molar-refractivity contribution in [2.45, 2.75) is 54.9 Å². The number of hydrogen-bond acceptors (Lipinski definition) is 8. The number of hydrogen-bond donors (Lipinski definition) is 5. The molecule has 0 aromatic heterocycles. The number of amides is 3. The topological polar surface area (TPSA) is 138 Å². The Kier molecular flexibility index (Phi) is 8.91. The lowest BCUT2D eigenvalue weighted by molar-refractivity contribution is -0.132. The van der Waals surface area contributed by atoms with Crippen molar-refractivity contribution in [2.24, 2.45) is 5.92 Å². The summed E-state index contributed by atoms with van der Waals surface area (Å²) in [6, 6.07) is 12.3. The number of aliphatic hydroxyl groups is 1. The lowest BCUT2D eigenvalue weighted by atomic mass is 10.0. The first-order valence-corrected chi connectivity index (χ1v) is 13.1. The summed E-state index contributed by atoms with van der Waals surface area (Å²) >= 11 is 1.66. The van der Waals surface area contributed by atoms with Crippen molar-refractivity contribution in [3.8, 4) is 5.75 Å². The van der Waals surface area contributed by atoms with Crippen LogP contribution in [0.15, 0.2) is 52.3 Å². The summed E-state index contributed by atoms with van der Waals surface area (Å²) in [6.07, 6.45) is -0.149. The minimum Gasteiger partial charge on any atom is -0.484 e. The zero-order valence-corrected chi connectivity index (χ0v) is 21.6. The van der Waals surface area contributed by atoms with Crippen LogP contribution in [-0.2, 0) is 19.1 Å². The Bertz CT molecular complexity index is 1140. The molecule has 3 amide bonds. The molecule has 198 valence electrons. The van der Waals surface area contributed by atoms with E-state index in [1.807, 2.05) is 50.2 Å². The molecular formula is C26H32N4O6S. The fraction of sp³-hybridized carbons (Fsp3) is 0.423. The minimum atomic E-state index is -1.06. The maximum absolute atomic E-state index is 12.7. The number of carbonyl (C=O) groups excluding carboxylic acids is 3. The summed E-state index contributed by atoms with van der Waals surface area (Å²) in [7, 11) is 0. The minimum absolute atomic E-state index is 0.141. The SMILES string of the molecule is CC(C)C[C@H](NC(=O)CNC(=O)COc1ccc2c(c1)Nc1ccccc1S2)C(=O)N[C@H]1CCOC1O. The van der Waals surface area contributed by atoms with Gasteiger partial charge in [0, 0.05) is 15.9 Å². The Morgan fingerprint density at radius 3 is 2.68 bits per heavy atom. The number of ether oxygens (including phenoxy) is 2. The van der Waals surface area contributed by atoms with Crippen LogP contribution in [0.4, 0.5) is 11.4 Å². The number of aliphatic hydroxyl groups excluding tert-OH is 1. The van der Waals surface area contributed by atoms with Crippen LogP contribution in [0.2, 0.25) is 0 Å². The molecular weight excluding hydrogens is 496 g/mol. The molecule has 2 aliphatic heterocycles. The van der Waals surface area contributed by atoms with Crippen molar-refractivity contribution in [3.63, 3.8) is 0 Å². The van der Waals surface area contributed by atoms with Crippen LogP contribution in [0.3, 0.4) is 0 Å². The molecule has 2 aromatic carbocycles. The van der Waals surface area contributed by atoms with Crippen LogP contribution in [-0.4, -0.2) is 61.0 Å². The molecule has 2 aliphatic rings. The van der Waals surface area contributed by atoms with Gasteiger partial charge < -0.3 is 35.8 Å². The number of fused-ring (bicyclic) bond motifs is 2. The monoisotopic (exact) mass is 528 g/mol. The molecule has 1 saturated heterocycles. The summed E-state index contributed by atoms with van der Waals surface area (Å²) in [5, 5.41) is 21.1. The summed E-state index contributed by atoms with van der Waals surface area (Å²) in [6.45, 7) is 3.68. The molecule has 1 unspecified atom stereocenters. The predicted octanol–water partition coefficient (Wildman–Crippen LogP) is 2.14. The maximum atomic E-state index is 12.7. The van der Waals surface area contributed by atoms with E-state index in [9.17, 15) is 19.5 Å². The zero-order chi connectivity index (χ0) is 26.4. The molecule has 0 saturated carbocycles. The molecule has 10 nitrogen and oxygen atoms in total. The second kappa shape index (κ2) is 12.3. The summed E-state index contributed by atoms with van der Waals surface area (Å²) in [4.78, 5) is 39.6. The second-order valence-corrected chi connectivity index (χ2v) is 10.4. The smallest absolute Gasteiger partial charge is 0.258 e. The number of nitrogens with one attached hydrogen (secondary N) is 4. The van der Waals surface area contributed by atoms with Crippen molar-refractivity contribution >= 4 is 40.9 Å². The number of para-hydroxylation sites is 1. The van der Waals surface area contributed by atoms with Gasteiger partial charge in [0.05, 0.1) is 30.6 Å². The first kappa shape index (κ1) is 26.8. The Hall–Kier alpha value is -3.28. The normalized spacial score (nSPS) is 18.7. The lowest BCUT2D eigenvalue weighted by Crippen LogP contribution is -2.53. The third-order valence-corrected chi connectivity index (χ3v) is 7.04. The lowest BCUT2D eigenvalue weighted by Gasteiger charge is -2.23. The standard InChI is InChI=1S/C26H32N4O6S/c1-15(2)11-20(25(33)30-18-9-10-35-26(18)34)29-23(31)13-27-24(32)14-36-16-7-8-22-19(12-16)28-17-5-3-4-6-21(17)37-22/h3-8,12,15,18,20,26,28,34H,9-11,13-14H2,1-2H3,(H,27,32)(H,29,31)(H,30,33)/t18-,20-,26?/m0/s1. The Morgan fingerprint density at radius 1 is 1.14 bits per heavy atom. The van der Waals surface area contributed by atoms with Gasteiger partial charge >= 0.3 is 0 Å². The molecule has 3 atom stereocenters. The highest BCUT2D eigenvalue weighted by Gasteiger charge is 2.31. The van der Waals surface area contributed by atoms with Crippen molar-refractivity contribution < 1.29 is 29.0 Å². The van der Waals surface area contributed by atoms with E-state index < -0.39 is 36.1 Å². The fourth-order valence-electron chi connectivity index (χ4n) is 4.04. The van der Waals surface area contributed by atoms with Crippen molar-refractivity contribution in [2.75, 3.05) is 25.1 Å². The largest absolute Gasteiger partial charge is 0.484 e. The summed E-state index contributed by atoms with van der Waals surface area (Å²) in [5.74, 6) is -0.685. The van der Waals surface area contributed by atoms with Crippen LogP contribution in [0.5, 0.6) is 5.75 Å². The molecule has 0 radical (unpaired) electrons. The van der Waals surface area contributed by atoms with Gasteiger partial charge in [-0.2, -0.15) is 0 Å². The molecule has 0 aliphatic carbocycles. The van der Waals surface area contributed by atoms with Gasteiger partial charge in [0.2, 0.25) is 11.8 Å². The van der Waals surface area contributed by atoms with Crippen LogP contribution in [0, 0.1) is 5.92 Å². The van der Waals surface area contributed by atoms with Crippen LogP contribution in [0.1, 0.15) is 26.7 Å². The van der Waals surface area contributed by atoms with Gasteiger partial charge in [-0.3, -0.25) is 14.4 Å². The zero-order valence-electron chi connectivity index (χ0n) is 20.8. The molecule has 0 spiro atoms. The first-order chi connectivity index (χ1) is 17.8. The van der Waals surface area contributed by atoms with Gasteiger partial charge in [0.25, 0.3) is 5.91 Å². The van der Waals surface area contributed by atoms with Crippen molar-refractivity contribution in [3.05, 3.63) is 42.5 Å². The highest BCUT2D eigenvalue weighted by molar-refractivity contribution is 7.99. The molecule has 37 heavy (non-hydrogen) atoms. The summed E-state index contributed by atoms with van der Waals surface area (Å²) in [5.41, 5.74) is 1.91. The van der Waals surface area contributed by atoms with Gasteiger partial charge in [-0.05, 0) is 43.0 Å². The van der Waals surface area contributed by atoms with Gasteiger partial charge in [-0.15, -0.1) is 0 Å². The van der Waals surface area contributed by atoms with Crippen LogP contribution < -0.4 is 26.0 Å². The van der Waals surface area contributed by atoms with E-state index in [1.54, 1.807) is 17.8 Å². The Labute approximate surface area is 219 Å². The molecule has 0 bridgehead atoms. The molecule has 2 heterocycles. The molecule has 5 N–H and O–H groups in total. The highest BCUT2D eigenvalue weighted by atomic mass is 32.2. The maximum Gasteiger partial charge on any atom is 0.258 e. The first-order valence-electron chi connectivity index (χ1n) is 12.3. The van der Waals surface area contributed by atoms with Crippen molar-refractivity contribution in [1.29, 1.82) is 0 Å². The van der Waals surface area contributed by atoms with Crippen molar-refractivity contribution in [1.82, 2.24) is 16.0 Å². The quantitative estimate of drug-likeness (QED) is 0.270. The van der Waals surface area contributed by atoms with Gasteiger partial charge in [0.1, 0.15) is 11.8 Å². The second-order valence-electron chi connectivity index (χ2n) is 9.36. The van der Waals surface area contributed by atoms with E-state index in [0.29, 0.717) is 25.2 Å². The number of carbonyl (C=O) groups is 3. The third kappa shape index (κ3) is 7.37. The van der Waals surface area contributed by atoms with Crippen LogP contribution >= 0.6 is 11.8 Å². The van der Waals surface area contributed by atoms with E-state index >= 15 is 0 Å². The molecule has 11 heteroatoms. The molecule has 4 rings (SSSR count). The average molecular weight is 529 g/mol. The molecule has 1 fully saturated rings. The van der Waals surface area contributed by atoms with E-state index in [4.69, 9.17) is 9.47 Å². The predicted molar refractivity (Wildman–Crippen MR) is 139 cm³/mol. The number of benzene rings is 2. The highest BCUT2D eigenvalue weighted by Crippen LogP contribution is 2.44. The third-order valence-electron chi connectivity index (χ3n) is 5.89. The van der Waals surface area contributed by atoms with E-state index in [0.717, 1.165) is 21.2 Å². The summed E-state index contributed by atoms with van der Waals surface area (Å²) < 4.78 is 10.7. The number of anilines is 2. The van der Waals surface area contributed by atoms with Crippen LogP contribution in [0.25, 0.3) is 0 Å². The van der Waals surface area contributed by atoms with Gasteiger partial charge in [-0.25, -0.2) is 0 Å². The molecule has 2 aromatic rings.